The van der Waals surface area contributed by atoms with Gasteiger partial charge in [-0.05, 0) is 40.0 Å². The summed E-state index contributed by atoms with van der Waals surface area (Å²) in [4.78, 5) is 9.42. The van der Waals surface area contributed by atoms with Crippen LogP contribution >= 0.6 is 27.3 Å². The molecule has 108 valence electrons. The Balaban J connectivity index is 2.13. The number of hydrogen-bond donors (Lipinski definition) is 0. The fraction of sp³-hybridized carbons (Fsp3) is 0.250. The molecule has 2 heterocycles. The molecule has 0 aliphatic carbocycles. The highest BCUT2D eigenvalue weighted by molar-refractivity contribution is 9.10. The third kappa shape index (κ3) is 2.68. The van der Waals surface area contributed by atoms with Crippen LogP contribution < -0.4 is 4.74 Å². The van der Waals surface area contributed by atoms with Gasteiger partial charge in [0.2, 0.25) is 0 Å². The Hall–Kier alpha value is -1.46. The van der Waals surface area contributed by atoms with E-state index >= 15 is 0 Å². The topological polar surface area (TPSA) is 35.0 Å². The minimum atomic E-state index is 0.433. The molecule has 1 aromatic carbocycles. The first-order valence-corrected chi connectivity index (χ1v) is 8.36. The van der Waals surface area contributed by atoms with Crippen molar-refractivity contribution in [2.45, 2.75) is 19.8 Å². The second-order valence-corrected chi connectivity index (χ2v) is 6.73. The summed E-state index contributed by atoms with van der Waals surface area (Å²) in [5.74, 6) is 1.22. The van der Waals surface area contributed by atoms with Gasteiger partial charge >= 0.3 is 0 Å². The minimum absolute atomic E-state index is 0.433. The monoisotopic (exact) mass is 362 g/mol. The smallest absolute Gasteiger partial charge is 0.142 e. The number of halogens is 1. The zero-order chi connectivity index (χ0) is 15.0. The fourth-order valence-corrected chi connectivity index (χ4v) is 3.64. The molecule has 0 spiro atoms. The van der Waals surface area contributed by atoms with E-state index < -0.39 is 0 Å². The standard InChI is InChI=1S/C16H15BrN2OS/c1-9(2)12-8-21-16(19-12)11-6-4-10-5-7-13(20-3)14(17)15(10)18-11/h4-9H,1-3H3. The Labute approximate surface area is 136 Å². The maximum Gasteiger partial charge on any atom is 0.142 e. The number of nitrogens with zero attached hydrogens (tertiary/aromatic N) is 2. The van der Waals surface area contributed by atoms with Crippen LogP contribution in [0.2, 0.25) is 0 Å². The number of aromatic nitrogens is 2. The lowest BCUT2D eigenvalue weighted by atomic mass is 10.1. The van der Waals surface area contributed by atoms with E-state index in [0.29, 0.717) is 5.92 Å². The van der Waals surface area contributed by atoms with Crippen molar-refractivity contribution in [2.75, 3.05) is 7.11 Å². The normalized spacial score (nSPS) is 11.3. The van der Waals surface area contributed by atoms with Crippen LogP contribution in [0.25, 0.3) is 21.6 Å². The highest BCUT2D eigenvalue weighted by Gasteiger charge is 2.12. The average molecular weight is 363 g/mol. The van der Waals surface area contributed by atoms with Gasteiger partial charge in [-0.2, -0.15) is 0 Å². The summed E-state index contributed by atoms with van der Waals surface area (Å²) in [6.07, 6.45) is 0. The first-order valence-electron chi connectivity index (χ1n) is 6.69. The molecule has 0 saturated carbocycles. The maximum absolute atomic E-state index is 5.33. The van der Waals surface area contributed by atoms with Crippen LogP contribution in [-0.2, 0) is 0 Å². The Kier molecular flexibility index (Phi) is 3.95. The van der Waals surface area contributed by atoms with Gasteiger partial charge in [-0.25, -0.2) is 9.97 Å². The summed E-state index contributed by atoms with van der Waals surface area (Å²) in [5.41, 5.74) is 2.91. The molecule has 0 saturated heterocycles. The van der Waals surface area contributed by atoms with Gasteiger partial charge in [-0.3, -0.25) is 0 Å². The van der Waals surface area contributed by atoms with E-state index in [2.05, 4.69) is 46.2 Å². The van der Waals surface area contributed by atoms with E-state index in [1.54, 1.807) is 18.4 Å². The van der Waals surface area contributed by atoms with Crippen LogP contribution in [0.5, 0.6) is 5.75 Å². The zero-order valence-corrected chi connectivity index (χ0v) is 14.5. The Bertz CT molecular complexity index is 798. The predicted molar refractivity (Wildman–Crippen MR) is 91.2 cm³/mol. The molecule has 21 heavy (non-hydrogen) atoms. The van der Waals surface area contributed by atoms with Crippen LogP contribution in [0, 0.1) is 0 Å². The Morgan fingerprint density at radius 1 is 1.14 bits per heavy atom. The highest BCUT2D eigenvalue weighted by Crippen LogP contribution is 2.34. The largest absolute Gasteiger partial charge is 0.495 e. The van der Waals surface area contributed by atoms with Gasteiger partial charge < -0.3 is 4.74 Å². The van der Waals surface area contributed by atoms with Crippen molar-refractivity contribution >= 4 is 38.2 Å². The molecule has 5 heteroatoms. The van der Waals surface area contributed by atoms with Gasteiger partial charge in [0.25, 0.3) is 0 Å². The molecule has 3 aromatic rings. The summed E-state index contributed by atoms with van der Waals surface area (Å²) in [7, 11) is 1.66. The number of hydrogen-bond acceptors (Lipinski definition) is 4. The molecule has 2 aromatic heterocycles. The molecule has 0 aliphatic heterocycles. The Morgan fingerprint density at radius 2 is 1.90 bits per heavy atom. The number of thiazole rings is 1. The predicted octanol–water partition coefficient (Wildman–Crippen LogP) is 5.25. The second-order valence-electron chi connectivity index (χ2n) is 5.08. The van der Waals surface area contributed by atoms with Gasteiger partial charge in [0, 0.05) is 10.8 Å². The van der Waals surface area contributed by atoms with E-state index in [9.17, 15) is 0 Å². The summed E-state index contributed by atoms with van der Waals surface area (Å²) >= 11 is 5.21. The molecule has 0 radical (unpaired) electrons. The van der Waals surface area contributed by atoms with Gasteiger partial charge in [0.05, 0.1) is 28.5 Å². The molecule has 0 bridgehead atoms. The molecule has 3 nitrogen and oxygen atoms in total. The van der Waals surface area contributed by atoms with E-state index in [1.165, 1.54) is 0 Å². The zero-order valence-electron chi connectivity index (χ0n) is 12.1. The number of fused-ring (bicyclic) bond motifs is 1. The molecule has 3 rings (SSSR count). The van der Waals surface area contributed by atoms with Gasteiger partial charge in [-0.1, -0.05) is 19.9 Å². The molecular formula is C16H15BrN2OS. The molecule has 0 fully saturated rings. The van der Waals surface area contributed by atoms with Crippen LogP contribution in [0.1, 0.15) is 25.5 Å². The quantitative estimate of drug-likeness (QED) is 0.637. The van der Waals surface area contributed by atoms with Crippen molar-refractivity contribution in [2.24, 2.45) is 0 Å². The molecule has 0 atom stereocenters. The van der Waals surface area contributed by atoms with E-state index in [-0.39, 0.29) is 0 Å². The summed E-state index contributed by atoms with van der Waals surface area (Å²) < 4.78 is 6.21. The van der Waals surface area contributed by atoms with Crippen LogP contribution in [0.4, 0.5) is 0 Å². The number of benzene rings is 1. The fourth-order valence-electron chi connectivity index (χ4n) is 2.08. The van der Waals surface area contributed by atoms with E-state index in [1.807, 2.05) is 18.2 Å². The SMILES string of the molecule is COc1ccc2ccc(-c3nc(C(C)C)cs3)nc2c1Br. The number of methoxy groups -OCH3 is 1. The Morgan fingerprint density at radius 3 is 2.57 bits per heavy atom. The van der Waals surface area contributed by atoms with Crippen molar-refractivity contribution in [3.63, 3.8) is 0 Å². The summed E-state index contributed by atoms with van der Waals surface area (Å²) in [6, 6.07) is 8.04. The lowest BCUT2D eigenvalue weighted by Crippen LogP contribution is -1.91. The number of ether oxygens (including phenoxy) is 1. The third-order valence-corrected chi connectivity index (χ3v) is 4.97. The highest BCUT2D eigenvalue weighted by atomic mass is 79.9. The van der Waals surface area contributed by atoms with Crippen molar-refractivity contribution < 1.29 is 4.74 Å². The maximum atomic E-state index is 5.33. The van der Waals surface area contributed by atoms with Gasteiger partial charge in [0.15, 0.2) is 0 Å². The van der Waals surface area contributed by atoms with Crippen LogP contribution in [0.15, 0.2) is 34.1 Å². The lowest BCUT2D eigenvalue weighted by Gasteiger charge is -2.07. The number of rotatable bonds is 3. The van der Waals surface area contributed by atoms with Gasteiger partial charge in [0.1, 0.15) is 10.8 Å². The van der Waals surface area contributed by atoms with Crippen LogP contribution in [-0.4, -0.2) is 17.1 Å². The summed E-state index contributed by atoms with van der Waals surface area (Å²) in [6.45, 7) is 4.29. The van der Waals surface area contributed by atoms with Crippen molar-refractivity contribution in [1.82, 2.24) is 9.97 Å². The van der Waals surface area contributed by atoms with Crippen molar-refractivity contribution in [1.29, 1.82) is 0 Å². The molecule has 0 N–H and O–H groups in total. The summed E-state index contributed by atoms with van der Waals surface area (Å²) in [5, 5.41) is 4.13. The first-order chi connectivity index (χ1) is 10.1. The first kappa shape index (κ1) is 14.5. The van der Waals surface area contributed by atoms with Gasteiger partial charge in [-0.15, -0.1) is 11.3 Å². The number of pyridine rings is 1. The second kappa shape index (κ2) is 5.73. The molecule has 0 unspecified atom stereocenters. The average Bonchev–Trinajstić information content (AvgIpc) is 2.97. The van der Waals surface area contributed by atoms with Crippen molar-refractivity contribution in [3.05, 3.63) is 39.8 Å². The lowest BCUT2D eigenvalue weighted by molar-refractivity contribution is 0.413. The van der Waals surface area contributed by atoms with E-state index in [0.717, 1.165) is 37.5 Å². The molecule has 0 aliphatic rings. The van der Waals surface area contributed by atoms with Crippen LogP contribution in [0.3, 0.4) is 0 Å². The minimum Gasteiger partial charge on any atom is -0.495 e. The third-order valence-electron chi connectivity index (χ3n) is 3.32. The molecule has 0 amide bonds. The van der Waals surface area contributed by atoms with E-state index in [4.69, 9.17) is 9.72 Å². The molecular weight excluding hydrogens is 348 g/mol. The van der Waals surface area contributed by atoms with Crippen molar-refractivity contribution in [3.8, 4) is 16.5 Å².